The molecule has 0 bridgehead atoms. The molecule has 66 valence electrons. The van der Waals surface area contributed by atoms with Crippen LogP contribution in [0.1, 0.15) is 11.5 Å². The molecule has 1 aliphatic rings. The third-order valence-electron chi connectivity index (χ3n) is 2.05. The van der Waals surface area contributed by atoms with Gasteiger partial charge in [0.25, 0.3) is 0 Å². The molecule has 1 heterocycles. The number of carbonyl (C=O) groups excluding carboxylic acids is 1. The molecule has 1 amide bonds. The Bertz CT molecular complexity index is 374. The van der Waals surface area contributed by atoms with E-state index < -0.39 is 5.92 Å². The van der Waals surface area contributed by atoms with E-state index in [0.717, 1.165) is 11.3 Å². The zero-order chi connectivity index (χ0) is 9.26. The number of fused-ring (bicyclic) bond motifs is 1. The lowest BCUT2D eigenvalue weighted by molar-refractivity contribution is -0.115. The summed E-state index contributed by atoms with van der Waals surface area (Å²) in [6.45, 7) is 0. The Morgan fingerprint density at radius 1 is 1.46 bits per heavy atom. The Morgan fingerprint density at radius 3 is 3.00 bits per heavy atom. The number of rotatable bonds is 1. The molecule has 2 rings (SSSR count). The predicted molar refractivity (Wildman–Crippen MR) is 48.1 cm³/mol. The first-order valence-corrected chi connectivity index (χ1v) is 3.90. The Morgan fingerprint density at radius 2 is 2.23 bits per heavy atom. The van der Waals surface area contributed by atoms with Gasteiger partial charge in [0.15, 0.2) is 0 Å². The van der Waals surface area contributed by atoms with Gasteiger partial charge in [0.1, 0.15) is 5.92 Å². The van der Waals surface area contributed by atoms with E-state index in [0.29, 0.717) is 0 Å². The van der Waals surface area contributed by atoms with Crippen molar-refractivity contribution in [2.75, 3.05) is 5.32 Å². The lowest BCUT2D eigenvalue weighted by atomic mass is 10.0. The number of para-hydroxylation sites is 1. The number of anilines is 1. The van der Waals surface area contributed by atoms with Crippen LogP contribution in [0.3, 0.4) is 0 Å². The van der Waals surface area contributed by atoms with Crippen molar-refractivity contribution in [3.63, 3.8) is 0 Å². The number of nitrogens with one attached hydrogen (secondary N) is 1. The fourth-order valence-electron chi connectivity index (χ4n) is 1.45. The third-order valence-corrected chi connectivity index (χ3v) is 2.05. The van der Waals surface area contributed by atoms with Crippen molar-refractivity contribution in [3.05, 3.63) is 29.8 Å². The summed E-state index contributed by atoms with van der Waals surface area (Å²) in [7, 11) is 0. The molecule has 0 saturated heterocycles. The van der Waals surface area contributed by atoms with E-state index in [1.54, 1.807) is 0 Å². The standard InChI is InChI=1S/C9H8N2O2/c12-9-7(5-10-13)6-3-1-2-4-8(6)11-9/h1-5,7,13H,(H,11,12)/b10-5+. The smallest absolute Gasteiger partial charge is 0.237 e. The minimum absolute atomic E-state index is 0.154. The van der Waals surface area contributed by atoms with Crippen molar-refractivity contribution in [1.29, 1.82) is 0 Å². The van der Waals surface area contributed by atoms with Crippen LogP contribution in [0.2, 0.25) is 0 Å². The van der Waals surface area contributed by atoms with Crippen molar-refractivity contribution in [2.24, 2.45) is 5.16 Å². The fraction of sp³-hybridized carbons (Fsp3) is 0.111. The maximum atomic E-state index is 11.3. The average molecular weight is 176 g/mol. The lowest BCUT2D eigenvalue weighted by Gasteiger charge is -1.98. The normalized spacial score (nSPS) is 20.3. The maximum absolute atomic E-state index is 11.3. The summed E-state index contributed by atoms with van der Waals surface area (Å²) in [5, 5.41) is 13.9. The van der Waals surface area contributed by atoms with Crippen LogP contribution in [0, 0.1) is 0 Å². The predicted octanol–water partition coefficient (Wildman–Crippen LogP) is 1.18. The summed E-state index contributed by atoms with van der Waals surface area (Å²) >= 11 is 0. The van der Waals surface area contributed by atoms with Gasteiger partial charge in [0.05, 0.1) is 6.21 Å². The van der Waals surface area contributed by atoms with Crippen molar-refractivity contribution < 1.29 is 10.0 Å². The first-order chi connectivity index (χ1) is 6.33. The van der Waals surface area contributed by atoms with E-state index in [4.69, 9.17) is 5.21 Å². The SMILES string of the molecule is O=C1Nc2ccccc2C1/C=N/O. The summed E-state index contributed by atoms with van der Waals surface area (Å²) < 4.78 is 0. The number of oxime groups is 1. The summed E-state index contributed by atoms with van der Waals surface area (Å²) in [6, 6.07) is 7.34. The Balaban J connectivity index is 2.46. The quantitative estimate of drug-likeness (QED) is 0.383. The van der Waals surface area contributed by atoms with Crippen LogP contribution < -0.4 is 5.32 Å². The number of amides is 1. The molecule has 0 aliphatic carbocycles. The highest BCUT2D eigenvalue weighted by atomic mass is 16.4. The van der Waals surface area contributed by atoms with Gasteiger partial charge in [-0.05, 0) is 11.6 Å². The molecule has 13 heavy (non-hydrogen) atoms. The van der Waals surface area contributed by atoms with Crippen LogP contribution in [0.25, 0.3) is 0 Å². The van der Waals surface area contributed by atoms with Crippen molar-refractivity contribution in [2.45, 2.75) is 5.92 Å². The van der Waals surface area contributed by atoms with Gasteiger partial charge in [0, 0.05) is 5.69 Å². The highest BCUT2D eigenvalue weighted by Gasteiger charge is 2.28. The average Bonchev–Trinajstić information content (AvgIpc) is 2.44. The molecule has 2 N–H and O–H groups in total. The van der Waals surface area contributed by atoms with Crippen LogP contribution in [0.15, 0.2) is 29.4 Å². The van der Waals surface area contributed by atoms with Gasteiger partial charge in [-0.25, -0.2) is 0 Å². The van der Waals surface area contributed by atoms with Gasteiger partial charge in [-0.3, -0.25) is 4.79 Å². The number of nitrogens with zero attached hydrogens (tertiary/aromatic N) is 1. The molecule has 0 saturated carbocycles. The molecule has 0 radical (unpaired) electrons. The maximum Gasteiger partial charge on any atom is 0.237 e. The summed E-state index contributed by atoms with van der Waals surface area (Å²) in [5.74, 6) is -0.611. The van der Waals surface area contributed by atoms with Gasteiger partial charge in [0.2, 0.25) is 5.91 Å². The molecule has 1 unspecified atom stereocenters. The molecule has 4 heteroatoms. The molecule has 0 fully saturated rings. The highest BCUT2D eigenvalue weighted by molar-refractivity contribution is 6.12. The molecule has 1 aromatic carbocycles. The fourth-order valence-corrected chi connectivity index (χ4v) is 1.45. The number of carbonyl (C=O) groups is 1. The largest absolute Gasteiger partial charge is 0.411 e. The van der Waals surface area contributed by atoms with E-state index in [-0.39, 0.29) is 5.91 Å². The summed E-state index contributed by atoms with van der Waals surface area (Å²) in [6.07, 6.45) is 1.22. The molecular weight excluding hydrogens is 168 g/mol. The lowest BCUT2D eigenvalue weighted by Crippen LogP contribution is -2.12. The van der Waals surface area contributed by atoms with E-state index in [2.05, 4.69) is 10.5 Å². The van der Waals surface area contributed by atoms with Crippen LogP contribution in [-0.4, -0.2) is 17.3 Å². The minimum atomic E-state index is -0.457. The molecule has 1 aromatic rings. The zero-order valence-corrected chi connectivity index (χ0v) is 6.77. The zero-order valence-electron chi connectivity index (χ0n) is 6.77. The Hall–Kier alpha value is -1.84. The summed E-state index contributed by atoms with van der Waals surface area (Å²) in [4.78, 5) is 11.3. The highest BCUT2D eigenvalue weighted by Crippen LogP contribution is 2.30. The van der Waals surface area contributed by atoms with Gasteiger partial charge >= 0.3 is 0 Å². The first-order valence-electron chi connectivity index (χ1n) is 3.90. The molecule has 4 nitrogen and oxygen atoms in total. The number of hydrogen-bond acceptors (Lipinski definition) is 3. The van der Waals surface area contributed by atoms with Crippen LogP contribution in [-0.2, 0) is 4.79 Å². The monoisotopic (exact) mass is 176 g/mol. The Labute approximate surface area is 74.9 Å². The van der Waals surface area contributed by atoms with Gasteiger partial charge in [-0.2, -0.15) is 0 Å². The Kier molecular flexibility index (Phi) is 1.73. The van der Waals surface area contributed by atoms with Crippen molar-refractivity contribution >= 4 is 17.8 Å². The summed E-state index contributed by atoms with van der Waals surface area (Å²) in [5.41, 5.74) is 1.64. The molecule has 0 aromatic heterocycles. The molecule has 1 atom stereocenters. The second-order valence-corrected chi connectivity index (χ2v) is 2.82. The van der Waals surface area contributed by atoms with E-state index in [1.807, 2.05) is 24.3 Å². The first kappa shape index (κ1) is 7.79. The topological polar surface area (TPSA) is 61.7 Å². The minimum Gasteiger partial charge on any atom is -0.411 e. The van der Waals surface area contributed by atoms with Crippen molar-refractivity contribution in [1.82, 2.24) is 0 Å². The van der Waals surface area contributed by atoms with Crippen LogP contribution in [0.5, 0.6) is 0 Å². The number of benzene rings is 1. The number of hydrogen-bond donors (Lipinski definition) is 2. The molecular formula is C9H8N2O2. The van der Waals surface area contributed by atoms with Gasteiger partial charge in [-0.15, -0.1) is 5.16 Å². The van der Waals surface area contributed by atoms with E-state index in [9.17, 15) is 4.79 Å². The van der Waals surface area contributed by atoms with Crippen molar-refractivity contribution in [3.8, 4) is 0 Å². The van der Waals surface area contributed by atoms with Gasteiger partial charge in [-0.1, -0.05) is 18.2 Å². The van der Waals surface area contributed by atoms with Crippen LogP contribution in [0.4, 0.5) is 5.69 Å². The third kappa shape index (κ3) is 1.16. The second-order valence-electron chi connectivity index (χ2n) is 2.82. The second kappa shape index (κ2) is 2.90. The van der Waals surface area contributed by atoms with E-state index in [1.165, 1.54) is 6.21 Å². The van der Waals surface area contributed by atoms with E-state index >= 15 is 0 Å². The molecule has 0 spiro atoms. The van der Waals surface area contributed by atoms with Crippen LogP contribution >= 0.6 is 0 Å². The van der Waals surface area contributed by atoms with Gasteiger partial charge < -0.3 is 10.5 Å². The molecule has 1 aliphatic heterocycles.